The van der Waals surface area contributed by atoms with E-state index in [-0.39, 0.29) is 6.15 Å². The fourth-order valence-electron chi connectivity index (χ4n) is 10.3. The topological polar surface area (TPSA) is 77.7 Å². The van der Waals surface area contributed by atoms with E-state index in [1.165, 1.54) is 89.0 Å². The van der Waals surface area contributed by atoms with Crippen molar-refractivity contribution in [1.29, 1.82) is 0 Å². The minimum absolute atomic E-state index is 0. The molecule has 0 radical (unpaired) electrons. The summed E-state index contributed by atoms with van der Waals surface area (Å²) in [6, 6.07) is 51.9. The van der Waals surface area contributed by atoms with E-state index in [4.69, 9.17) is 18.9 Å². The second kappa shape index (κ2) is 18.5. The number of rotatable bonds is 4. The van der Waals surface area contributed by atoms with Crippen molar-refractivity contribution in [3.8, 4) is 78.9 Å². The first-order valence-electron chi connectivity index (χ1n) is 22.2. The number of nitrogens with zero attached hydrogens (tertiary/aromatic N) is 1. The van der Waals surface area contributed by atoms with Crippen LogP contribution in [-0.2, 0) is 51.4 Å². The third-order valence-corrected chi connectivity index (χ3v) is 13.2. The van der Waals surface area contributed by atoms with Crippen molar-refractivity contribution in [1.82, 2.24) is 11.1 Å². The van der Waals surface area contributed by atoms with Gasteiger partial charge in [-0.25, -0.2) is 9.40 Å². The van der Waals surface area contributed by atoms with Crippen LogP contribution in [0.25, 0.3) is 67.4 Å². The molecule has 0 saturated heterocycles. The Morgan fingerprint density at radius 1 is 0.409 bits per heavy atom. The number of fused-ring (bicyclic) bond motifs is 12. The molecule has 0 fully saturated rings. The fourth-order valence-corrected chi connectivity index (χ4v) is 10.3. The van der Waals surface area contributed by atoms with Gasteiger partial charge < -0.3 is 32.9 Å². The van der Waals surface area contributed by atoms with Crippen LogP contribution >= 0.6 is 0 Å². The van der Waals surface area contributed by atoms with Crippen LogP contribution in [0.2, 0.25) is 0 Å². The minimum atomic E-state index is -6.00. The van der Waals surface area contributed by atoms with Crippen molar-refractivity contribution >= 4 is 7.25 Å². The van der Waals surface area contributed by atoms with Crippen molar-refractivity contribution in [3.63, 3.8) is 0 Å². The highest BCUT2D eigenvalue weighted by molar-refractivity contribution is 6.50. The Hall–Kier alpha value is -7.04. The van der Waals surface area contributed by atoms with Gasteiger partial charge in [0, 0.05) is 16.7 Å². The maximum absolute atomic E-state index is 9.75. The highest BCUT2D eigenvalue weighted by Gasteiger charge is 2.38. The molecule has 12 rings (SSSR count). The van der Waals surface area contributed by atoms with Crippen molar-refractivity contribution < 1.29 is 31.2 Å². The highest BCUT2D eigenvalue weighted by Crippen LogP contribution is 2.49. The van der Waals surface area contributed by atoms with Crippen molar-refractivity contribution in [2.24, 2.45) is 0 Å². The average Bonchev–Trinajstić information content (AvgIpc) is 3.34. The predicted molar refractivity (Wildman–Crippen MR) is 258 cm³/mol. The molecular formula is C56H49BF4N2O3. The molecule has 66 heavy (non-hydrogen) atoms. The van der Waals surface area contributed by atoms with Crippen LogP contribution in [0, 0.1) is 0 Å². The molecule has 332 valence electrons. The lowest BCUT2D eigenvalue weighted by atomic mass is 9.78. The molecule has 0 bridgehead atoms. The number of methoxy groups -OCH3 is 2. The van der Waals surface area contributed by atoms with Gasteiger partial charge in [0.15, 0.2) is 0 Å². The summed E-state index contributed by atoms with van der Waals surface area (Å²) < 4.78 is 56.6. The molecule has 0 saturated carbocycles. The number of aromatic nitrogens is 1. The molecule has 4 aliphatic carbocycles. The molecule has 5 nitrogen and oxygen atoms in total. The average molecular weight is 885 g/mol. The molecule has 8 aromatic rings. The minimum Gasteiger partial charge on any atom is -0.497 e. The predicted octanol–water partition coefficient (Wildman–Crippen LogP) is 14.5. The molecule has 0 aliphatic heterocycles. The van der Waals surface area contributed by atoms with E-state index in [0.717, 1.165) is 85.8 Å². The zero-order valence-corrected chi connectivity index (χ0v) is 37.0. The summed E-state index contributed by atoms with van der Waals surface area (Å²) in [5, 5.41) is 0. The van der Waals surface area contributed by atoms with Gasteiger partial charge in [0.25, 0.3) is 0 Å². The smallest absolute Gasteiger partial charge is 0.497 e. The van der Waals surface area contributed by atoms with Crippen LogP contribution in [-0.4, -0.2) is 26.5 Å². The molecular weight excluding hydrogens is 835 g/mol. The molecule has 6 aromatic carbocycles. The van der Waals surface area contributed by atoms with Gasteiger partial charge in [-0.2, -0.15) is 0 Å². The van der Waals surface area contributed by atoms with Crippen molar-refractivity contribution in [2.75, 3.05) is 14.2 Å². The summed E-state index contributed by atoms with van der Waals surface area (Å²) in [5.41, 5.74) is 23.7. The van der Waals surface area contributed by atoms with E-state index in [0.29, 0.717) is 0 Å². The lowest BCUT2D eigenvalue weighted by molar-refractivity contribution is 0.368. The number of ether oxygens (including phenoxy) is 2. The molecule has 2 aromatic heterocycles. The van der Waals surface area contributed by atoms with Crippen LogP contribution in [0.1, 0.15) is 44.5 Å². The second-order valence-corrected chi connectivity index (χ2v) is 16.8. The first-order valence-corrected chi connectivity index (χ1v) is 22.2. The summed E-state index contributed by atoms with van der Waals surface area (Å²) in [6.07, 6.45) is 8.34. The Balaban J connectivity index is 0.000000149. The number of pyridine rings is 1. The molecule has 4 aliphatic rings. The van der Waals surface area contributed by atoms with Gasteiger partial charge in [-0.1, -0.05) is 109 Å². The molecule has 0 spiro atoms. The number of aryl methyl sites for hydroxylation is 4. The maximum Gasteiger partial charge on any atom is 0.673 e. The largest absolute Gasteiger partial charge is 0.673 e. The van der Waals surface area contributed by atoms with E-state index >= 15 is 0 Å². The van der Waals surface area contributed by atoms with Gasteiger partial charge >= 0.3 is 18.8 Å². The Morgan fingerprint density at radius 3 is 1.08 bits per heavy atom. The normalized spacial score (nSPS) is 13.3. The molecule has 10 heteroatoms. The Kier molecular flexibility index (Phi) is 12.4. The number of hydrogen-bond acceptors (Lipinski definition) is 4. The van der Waals surface area contributed by atoms with Gasteiger partial charge in [0.1, 0.15) is 11.5 Å². The highest BCUT2D eigenvalue weighted by atomic mass is 19.5. The molecule has 3 N–H and O–H groups in total. The molecule has 0 unspecified atom stereocenters. The zero-order chi connectivity index (χ0) is 44.7. The van der Waals surface area contributed by atoms with E-state index in [2.05, 4.69) is 146 Å². The van der Waals surface area contributed by atoms with E-state index in [9.17, 15) is 17.3 Å². The van der Waals surface area contributed by atoms with Gasteiger partial charge in [-0.05, 0) is 138 Å². The number of benzene rings is 6. The van der Waals surface area contributed by atoms with E-state index in [1.54, 1.807) is 14.2 Å². The zero-order valence-electron chi connectivity index (χ0n) is 37.0. The van der Waals surface area contributed by atoms with Gasteiger partial charge in [-0.15, -0.1) is 0 Å². The van der Waals surface area contributed by atoms with Gasteiger partial charge in [-0.3, -0.25) is 0 Å². The summed E-state index contributed by atoms with van der Waals surface area (Å²) in [6.45, 7) is 0. The summed E-state index contributed by atoms with van der Waals surface area (Å²) >= 11 is 0. The quantitative estimate of drug-likeness (QED) is 0.108. The summed E-state index contributed by atoms with van der Waals surface area (Å²) in [7, 11) is -2.56. The second-order valence-electron chi connectivity index (χ2n) is 16.8. The Morgan fingerprint density at radius 2 is 0.712 bits per heavy atom. The first-order chi connectivity index (χ1) is 31.7. The third kappa shape index (κ3) is 8.49. The number of hydrogen-bond donors (Lipinski definition) is 1. The summed E-state index contributed by atoms with van der Waals surface area (Å²) in [5.74, 6) is 3.86. The lowest BCUT2D eigenvalue weighted by Gasteiger charge is -2.29. The Bertz CT molecular complexity index is 2720. The maximum atomic E-state index is 9.75. The van der Waals surface area contributed by atoms with Crippen molar-refractivity contribution in [2.45, 2.75) is 51.4 Å². The number of halogens is 4. The lowest BCUT2D eigenvalue weighted by Crippen LogP contribution is -2.14. The molecule has 0 atom stereocenters. The van der Waals surface area contributed by atoms with Gasteiger partial charge in [0.05, 0.1) is 47.9 Å². The van der Waals surface area contributed by atoms with E-state index < -0.39 is 7.25 Å². The standard InChI is InChI=1S/C28H23NO.C28H23O2.BF4.H3N/c1-30-21-14-10-20(11-15-21)26-24-16-12-18-6-2-4-8-22(18)27(24)29-28-23-9-5-3-7-19(23)13-17-25(26)28;1-29-21-14-10-20(11-15-21)26-24-16-12-18-6-2-4-8-22(18)27(24)30-28-23-9-5-3-7-19(23)13-17-25(26)28;2-1(3,4)5;/h2*2-11,14-15H,12-13,16-17H2,1H3;;1H3/q;+1;-1;. The van der Waals surface area contributed by atoms with Crippen LogP contribution < -0.4 is 15.6 Å². The fraction of sp³-hybridized carbons (Fsp3) is 0.179. The summed E-state index contributed by atoms with van der Waals surface area (Å²) in [4.78, 5) is 5.33. The first kappa shape index (κ1) is 44.2. The molecule has 0 amide bonds. The van der Waals surface area contributed by atoms with Crippen LogP contribution in [0.5, 0.6) is 11.5 Å². The van der Waals surface area contributed by atoms with Gasteiger partial charge in [0.2, 0.25) is 0 Å². The monoisotopic (exact) mass is 884 g/mol. The van der Waals surface area contributed by atoms with Crippen LogP contribution in [0.15, 0.2) is 150 Å². The van der Waals surface area contributed by atoms with E-state index in [1.807, 2.05) is 0 Å². The van der Waals surface area contributed by atoms with Crippen LogP contribution in [0.4, 0.5) is 17.3 Å². The Labute approximate surface area is 382 Å². The SMILES string of the molecule is COc1ccc(-c2c3c([o+]c4c2CCc2ccccc2-4)-c2ccccc2CC3)cc1.COc1ccc(-c2c3c(nc4c2CCc2ccccc2-4)-c2ccccc2CC3)cc1.F[B-](F)(F)F.N. The van der Waals surface area contributed by atoms with Crippen LogP contribution in [0.3, 0.4) is 0 Å². The van der Waals surface area contributed by atoms with Crippen molar-refractivity contribution in [3.05, 3.63) is 190 Å². The third-order valence-electron chi connectivity index (χ3n) is 13.2. The molecule has 2 heterocycles.